The fraction of sp³-hybridized carbons (Fsp3) is 0.450. The fourth-order valence-electron chi connectivity index (χ4n) is 3.32. The third-order valence-electron chi connectivity index (χ3n) is 4.68. The van der Waals surface area contributed by atoms with Crippen LogP contribution in [0.15, 0.2) is 53.1 Å². The van der Waals surface area contributed by atoms with Crippen molar-refractivity contribution in [2.24, 2.45) is 0 Å². The van der Waals surface area contributed by atoms with Gasteiger partial charge in [-0.25, -0.2) is 0 Å². The Hall–Kier alpha value is -2.27. The highest BCUT2D eigenvalue weighted by Crippen LogP contribution is 2.28. The second-order valence-corrected chi connectivity index (χ2v) is 7.06. The Kier molecular flexibility index (Phi) is 5.43. The highest BCUT2D eigenvalue weighted by Gasteiger charge is 2.41. The van der Waals surface area contributed by atoms with Gasteiger partial charge in [-0.15, -0.1) is 0 Å². The Morgan fingerprint density at radius 3 is 2.48 bits per heavy atom. The molecule has 2 aromatic rings. The summed E-state index contributed by atoms with van der Waals surface area (Å²) in [7, 11) is 0. The maximum absolute atomic E-state index is 12.9. The predicted octanol–water partition coefficient (Wildman–Crippen LogP) is 3.25. The maximum Gasteiger partial charge on any atom is 0.245 e. The molecule has 0 saturated carbocycles. The largest absolute Gasteiger partial charge is 0.468 e. The number of carbonyl (C=O) groups is 1. The molecule has 1 aromatic carbocycles. The number of nitrogens with zero attached hydrogens (tertiary/aromatic N) is 1. The summed E-state index contributed by atoms with van der Waals surface area (Å²) >= 11 is 0. The number of furan rings is 1. The number of hydrogen-bond donors (Lipinski definition) is 2. The normalized spacial score (nSPS) is 17.4. The van der Waals surface area contributed by atoms with Crippen LogP contribution in [-0.2, 0) is 11.3 Å². The summed E-state index contributed by atoms with van der Waals surface area (Å²) in [5.41, 5.74) is 0.423. The number of para-hydroxylation sites is 1. The molecule has 1 fully saturated rings. The summed E-state index contributed by atoms with van der Waals surface area (Å²) in [4.78, 5) is 15.3. The standard InChI is InChI=1S/C20H27N3O2/c1-16(2)21-19(24)20(22-17-7-4-3-5-8-17)10-12-23(13-11-20)15-18-9-6-14-25-18/h3-9,14,16,22H,10-13,15H2,1-2H3,(H,21,24). The zero-order chi connectivity index (χ0) is 17.7. The molecule has 0 unspecified atom stereocenters. The van der Waals surface area contributed by atoms with Crippen LogP contribution >= 0.6 is 0 Å². The Labute approximate surface area is 149 Å². The molecule has 2 N–H and O–H groups in total. The number of anilines is 1. The van der Waals surface area contributed by atoms with Gasteiger partial charge in [-0.2, -0.15) is 0 Å². The number of piperidine rings is 1. The topological polar surface area (TPSA) is 57.5 Å². The van der Waals surface area contributed by atoms with Crippen LogP contribution in [0, 0.1) is 0 Å². The van der Waals surface area contributed by atoms with Gasteiger partial charge in [0.2, 0.25) is 5.91 Å². The Morgan fingerprint density at radius 1 is 1.16 bits per heavy atom. The van der Waals surface area contributed by atoms with E-state index in [9.17, 15) is 4.79 Å². The number of likely N-dealkylation sites (tertiary alicyclic amines) is 1. The molecule has 1 saturated heterocycles. The highest BCUT2D eigenvalue weighted by molar-refractivity contribution is 5.89. The monoisotopic (exact) mass is 341 g/mol. The molecule has 1 aliphatic rings. The number of rotatable bonds is 6. The molecule has 1 amide bonds. The van der Waals surface area contributed by atoms with Gasteiger partial charge in [0.25, 0.3) is 0 Å². The smallest absolute Gasteiger partial charge is 0.245 e. The summed E-state index contributed by atoms with van der Waals surface area (Å²) in [6.07, 6.45) is 3.24. The minimum atomic E-state index is -0.564. The Balaban J connectivity index is 1.71. The summed E-state index contributed by atoms with van der Waals surface area (Å²) in [6, 6.07) is 14.0. The van der Waals surface area contributed by atoms with Gasteiger partial charge in [0.05, 0.1) is 12.8 Å². The number of amides is 1. The molecule has 25 heavy (non-hydrogen) atoms. The van der Waals surface area contributed by atoms with E-state index < -0.39 is 5.54 Å². The molecule has 0 atom stereocenters. The molecule has 0 radical (unpaired) electrons. The number of benzene rings is 1. The van der Waals surface area contributed by atoms with Crippen molar-refractivity contribution in [1.29, 1.82) is 0 Å². The van der Waals surface area contributed by atoms with Crippen LogP contribution in [-0.4, -0.2) is 35.5 Å². The molecule has 1 aromatic heterocycles. The first-order chi connectivity index (χ1) is 12.1. The lowest BCUT2D eigenvalue weighted by atomic mass is 9.85. The van der Waals surface area contributed by atoms with Crippen LogP contribution in [0.2, 0.25) is 0 Å². The molecule has 0 spiro atoms. The van der Waals surface area contributed by atoms with Crippen molar-refractivity contribution in [3.8, 4) is 0 Å². The first kappa shape index (κ1) is 17.5. The van der Waals surface area contributed by atoms with Gasteiger partial charge in [0.15, 0.2) is 0 Å². The molecule has 5 nitrogen and oxygen atoms in total. The van der Waals surface area contributed by atoms with E-state index in [1.54, 1.807) is 6.26 Å². The van der Waals surface area contributed by atoms with Crippen LogP contribution in [0.1, 0.15) is 32.4 Å². The molecule has 1 aliphatic heterocycles. The van der Waals surface area contributed by atoms with Crippen molar-refractivity contribution in [3.05, 3.63) is 54.5 Å². The van der Waals surface area contributed by atoms with Crippen molar-refractivity contribution in [2.45, 2.75) is 44.8 Å². The third-order valence-corrected chi connectivity index (χ3v) is 4.68. The lowest BCUT2D eigenvalue weighted by molar-refractivity contribution is -0.127. The summed E-state index contributed by atoms with van der Waals surface area (Å²) in [5.74, 6) is 1.05. The van der Waals surface area contributed by atoms with Gasteiger partial charge in [0.1, 0.15) is 11.3 Å². The Morgan fingerprint density at radius 2 is 1.88 bits per heavy atom. The van der Waals surface area contributed by atoms with Crippen molar-refractivity contribution >= 4 is 11.6 Å². The average Bonchev–Trinajstić information content (AvgIpc) is 3.10. The van der Waals surface area contributed by atoms with Gasteiger partial charge in [-0.1, -0.05) is 18.2 Å². The minimum Gasteiger partial charge on any atom is -0.468 e. The van der Waals surface area contributed by atoms with E-state index in [0.29, 0.717) is 0 Å². The fourth-order valence-corrected chi connectivity index (χ4v) is 3.32. The first-order valence-corrected chi connectivity index (χ1v) is 8.96. The molecule has 0 bridgehead atoms. The number of hydrogen-bond acceptors (Lipinski definition) is 4. The van der Waals surface area contributed by atoms with Gasteiger partial charge in [0, 0.05) is 24.8 Å². The molecule has 3 rings (SSSR count). The zero-order valence-electron chi connectivity index (χ0n) is 15.0. The second-order valence-electron chi connectivity index (χ2n) is 7.06. The second kappa shape index (κ2) is 7.74. The molecular formula is C20H27N3O2. The van der Waals surface area contributed by atoms with E-state index in [4.69, 9.17) is 4.42 Å². The molecule has 0 aliphatic carbocycles. The van der Waals surface area contributed by atoms with Crippen LogP contribution in [0.4, 0.5) is 5.69 Å². The van der Waals surface area contributed by atoms with Crippen LogP contribution in [0.5, 0.6) is 0 Å². The summed E-state index contributed by atoms with van der Waals surface area (Å²) in [5, 5.41) is 6.61. The number of carbonyl (C=O) groups excluding carboxylic acids is 1. The van der Waals surface area contributed by atoms with E-state index in [0.717, 1.165) is 43.9 Å². The van der Waals surface area contributed by atoms with Gasteiger partial charge in [-0.3, -0.25) is 9.69 Å². The van der Waals surface area contributed by atoms with Crippen molar-refractivity contribution in [1.82, 2.24) is 10.2 Å². The SMILES string of the molecule is CC(C)NC(=O)C1(Nc2ccccc2)CCN(Cc2ccco2)CC1. The Bertz CT molecular complexity index is 660. The van der Waals surface area contributed by atoms with Gasteiger partial charge in [-0.05, 0) is 51.0 Å². The zero-order valence-corrected chi connectivity index (χ0v) is 15.0. The molecular weight excluding hydrogens is 314 g/mol. The highest BCUT2D eigenvalue weighted by atomic mass is 16.3. The lowest BCUT2D eigenvalue weighted by Gasteiger charge is -2.42. The third kappa shape index (κ3) is 4.42. The van der Waals surface area contributed by atoms with Crippen LogP contribution in [0.3, 0.4) is 0 Å². The van der Waals surface area contributed by atoms with Crippen molar-refractivity contribution < 1.29 is 9.21 Å². The maximum atomic E-state index is 12.9. The molecule has 5 heteroatoms. The molecule has 134 valence electrons. The van der Waals surface area contributed by atoms with E-state index in [-0.39, 0.29) is 11.9 Å². The van der Waals surface area contributed by atoms with E-state index in [1.165, 1.54) is 0 Å². The van der Waals surface area contributed by atoms with Crippen LogP contribution < -0.4 is 10.6 Å². The van der Waals surface area contributed by atoms with Crippen molar-refractivity contribution in [2.75, 3.05) is 18.4 Å². The van der Waals surface area contributed by atoms with E-state index in [2.05, 4.69) is 15.5 Å². The first-order valence-electron chi connectivity index (χ1n) is 8.96. The van der Waals surface area contributed by atoms with Gasteiger partial charge >= 0.3 is 0 Å². The quantitative estimate of drug-likeness (QED) is 0.847. The van der Waals surface area contributed by atoms with E-state index in [1.807, 2.05) is 56.3 Å². The predicted molar refractivity (Wildman–Crippen MR) is 99.3 cm³/mol. The van der Waals surface area contributed by atoms with E-state index >= 15 is 0 Å². The summed E-state index contributed by atoms with van der Waals surface area (Å²) in [6.45, 7) is 6.50. The minimum absolute atomic E-state index is 0.0870. The average molecular weight is 341 g/mol. The number of nitrogens with one attached hydrogen (secondary N) is 2. The molecule has 2 heterocycles. The van der Waals surface area contributed by atoms with Crippen LogP contribution in [0.25, 0.3) is 0 Å². The lowest BCUT2D eigenvalue weighted by Crippen LogP contribution is -2.59. The summed E-state index contributed by atoms with van der Waals surface area (Å²) < 4.78 is 5.45. The van der Waals surface area contributed by atoms with Crippen molar-refractivity contribution in [3.63, 3.8) is 0 Å². The van der Waals surface area contributed by atoms with Gasteiger partial charge < -0.3 is 15.1 Å².